The van der Waals surface area contributed by atoms with E-state index in [1.165, 1.54) is 17.2 Å². The quantitative estimate of drug-likeness (QED) is 0.550. The van der Waals surface area contributed by atoms with Crippen molar-refractivity contribution in [1.82, 2.24) is 0 Å². The minimum absolute atomic E-state index is 0.332. The van der Waals surface area contributed by atoms with E-state index in [4.69, 9.17) is 9.47 Å². The molecule has 21 heavy (non-hydrogen) atoms. The molecule has 0 aliphatic carbocycles. The van der Waals surface area contributed by atoms with Crippen molar-refractivity contribution in [3.63, 3.8) is 0 Å². The number of carbonyl (C=O) groups excluding carboxylic acids is 1. The fourth-order valence-corrected chi connectivity index (χ4v) is 1.98. The number of ether oxygens (including phenoxy) is 2. The standard InChI is InChI=1S/C18H26O3/c1-6-20-18(19)8-7-11-21-17-12-15(13(2)3)9-10-16(17)14(4)5/h7-10,12-14H,6,11H2,1-5H3/b8-7+. The predicted molar refractivity (Wildman–Crippen MR) is 85.9 cm³/mol. The van der Waals surface area contributed by atoms with Gasteiger partial charge in [0.15, 0.2) is 0 Å². The first-order valence-electron chi connectivity index (χ1n) is 7.55. The third-order valence-corrected chi connectivity index (χ3v) is 3.20. The molecule has 1 aromatic rings. The minimum Gasteiger partial charge on any atom is -0.489 e. The molecule has 0 heterocycles. The topological polar surface area (TPSA) is 35.5 Å². The van der Waals surface area contributed by atoms with Crippen molar-refractivity contribution in [2.24, 2.45) is 0 Å². The molecule has 0 N–H and O–H groups in total. The van der Waals surface area contributed by atoms with Crippen LogP contribution in [0.3, 0.4) is 0 Å². The van der Waals surface area contributed by atoms with Crippen LogP contribution in [0.25, 0.3) is 0 Å². The van der Waals surface area contributed by atoms with Gasteiger partial charge in [-0.2, -0.15) is 0 Å². The maximum atomic E-state index is 11.2. The van der Waals surface area contributed by atoms with Gasteiger partial charge in [0, 0.05) is 6.08 Å². The molecule has 116 valence electrons. The molecule has 0 aromatic heterocycles. The van der Waals surface area contributed by atoms with E-state index in [0.29, 0.717) is 25.0 Å². The number of rotatable bonds is 7. The molecule has 0 aliphatic heterocycles. The van der Waals surface area contributed by atoms with Crippen molar-refractivity contribution in [2.75, 3.05) is 13.2 Å². The molecule has 0 atom stereocenters. The lowest BCUT2D eigenvalue weighted by Gasteiger charge is -2.16. The molecule has 0 fully saturated rings. The molecule has 0 bridgehead atoms. The van der Waals surface area contributed by atoms with Crippen LogP contribution in [0.5, 0.6) is 5.75 Å². The Hall–Kier alpha value is -1.77. The summed E-state index contributed by atoms with van der Waals surface area (Å²) in [5.74, 6) is 1.42. The van der Waals surface area contributed by atoms with Gasteiger partial charge in [-0.1, -0.05) is 39.8 Å². The van der Waals surface area contributed by atoms with Gasteiger partial charge in [0.2, 0.25) is 0 Å². The molecule has 1 aromatic carbocycles. The van der Waals surface area contributed by atoms with Crippen LogP contribution >= 0.6 is 0 Å². The van der Waals surface area contributed by atoms with Gasteiger partial charge in [0.1, 0.15) is 12.4 Å². The van der Waals surface area contributed by atoms with Gasteiger partial charge in [-0.25, -0.2) is 4.79 Å². The van der Waals surface area contributed by atoms with Gasteiger partial charge < -0.3 is 9.47 Å². The average molecular weight is 290 g/mol. The first-order chi connectivity index (χ1) is 9.95. The van der Waals surface area contributed by atoms with Crippen LogP contribution < -0.4 is 4.74 Å². The molecular weight excluding hydrogens is 264 g/mol. The number of hydrogen-bond acceptors (Lipinski definition) is 3. The highest BCUT2D eigenvalue weighted by Crippen LogP contribution is 2.30. The first-order valence-corrected chi connectivity index (χ1v) is 7.55. The van der Waals surface area contributed by atoms with E-state index in [9.17, 15) is 4.79 Å². The molecule has 0 saturated carbocycles. The van der Waals surface area contributed by atoms with Crippen LogP contribution in [0, 0.1) is 0 Å². The summed E-state index contributed by atoms with van der Waals surface area (Å²) in [6.45, 7) is 11.1. The van der Waals surface area contributed by atoms with E-state index in [0.717, 1.165) is 5.75 Å². The predicted octanol–water partition coefficient (Wildman–Crippen LogP) is 4.43. The Labute approximate surface area is 128 Å². The minimum atomic E-state index is -0.332. The fourth-order valence-electron chi connectivity index (χ4n) is 1.98. The van der Waals surface area contributed by atoms with E-state index >= 15 is 0 Å². The Morgan fingerprint density at radius 3 is 2.48 bits per heavy atom. The second-order valence-corrected chi connectivity index (χ2v) is 5.57. The lowest BCUT2D eigenvalue weighted by molar-refractivity contribution is -0.137. The van der Waals surface area contributed by atoms with E-state index in [2.05, 4.69) is 45.9 Å². The number of carbonyl (C=O) groups is 1. The zero-order valence-corrected chi connectivity index (χ0v) is 13.7. The zero-order valence-electron chi connectivity index (χ0n) is 13.7. The second kappa shape index (κ2) is 8.50. The monoisotopic (exact) mass is 290 g/mol. The zero-order chi connectivity index (χ0) is 15.8. The van der Waals surface area contributed by atoms with Gasteiger partial charge in [0.05, 0.1) is 6.61 Å². The van der Waals surface area contributed by atoms with Gasteiger partial charge in [0.25, 0.3) is 0 Å². The summed E-state index contributed by atoms with van der Waals surface area (Å²) >= 11 is 0. The third-order valence-electron chi connectivity index (χ3n) is 3.20. The van der Waals surface area contributed by atoms with Crippen molar-refractivity contribution in [3.8, 4) is 5.75 Å². The molecule has 3 heteroatoms. The SMILES string of the molecule is CCOC(=O)/C=C/COc1cc(C(C)C)ccc1C(C)C. The van der Waals surface area contributed by atoms with Gasteiger partial charge in [-0.15, -0.1) is 0 Å². The Bertz CT molecular complexity index is 487. The highest BCUT2D eigenvalue weighted by Gasteiger charge is 2.10. The normalized spacial score (nSPS) is 11.4. The summed E-state index contributed by atoms with van der Waals surface area (Å²) in [5.41, 5.74) is 2.44. The Kier molecular flexibility index (Phi) is 7.00. The fraction of sp³-hybridized carbons (Fsp3) is 0.500. The molecule has 0 saturated heterocycles. The van der Waals surface area contributed by atoms with Crippen LogP contribution in [-0.4, -0.2) is 19.2 Å². The Morgan fingerprint density at radius 2 is 1.90 bits per heavy atom. The largest absolute Gasteiger partial charge is 0.489 e. The van der Waals surface area contributed by atoms with Gasteiger partial charge in [-0.3, -0.25) is 0 Å². The third kappa shape index (κ3) is 5.62. The summed E-state index contributed by atoms with van der Waals surface area (Å²) in [7, 11) is 0. The van der Waals surface area contributed by atoms with E-state index < -0.39 is 0 Å². The van der Waals surface area contributed by atoms with Crippen LogP contribution in [0.2, 0.25) is 0 Å². The molecule has 1 rings (SSSR count). The van der Waals surface area contributed by atoms with Crippen LogP contribution in [0.4, 0.5) is 0 Å². The van der Waals surface area contributed by atoms with Gasteiger partial charge in [-0.05, 0) is 42.0 Å². The molecule has 0 aliphatic rings. The van der Waals surface area contributed by atoms with Crippen LogP contribution in [-0.2, 0) is 9.53 Å². The number of hydrogen-bond donors (Lipinski definition) is 0. The average Bonchev–Trinajstić information content (AvgIpc) is 2.43. The lowest BCUT2D eigenvalue weighted by Crippen LogP contribution is -2.03. The molecule has 3 nitrogen and oxygen atoms in total. The summed E-state index contributed by atoms with van der Waals surface area (Å²) in [6.07, 6.45) is 3.09. The van der Waals surface area contributed by atoms with Crippen LogP contribution in [0.1, 0.15) is 57.6 Å². The molecule has 0 unspecified atom stereocenters. The summed E-state index contributed by atoms with van der Waals surface area (Å²) in [4.78, 5) is 11.2. The highest BCUT2D eigenvalue weighted by molar-refractivity contribution is 5.81. The summed E-state index contributed by atoms with van der Waals surface area (Å²) in [6, 6.07) is 6.38. The van der Waals surface area contributed by atoms with Crippen molar-refractivity contribution in [2.45, 2.75) is 46.5 Å². The lowest BCUT2D eigenvalue weighted by atomic mass is 9.96. The molecule has 0 spiro atoms. The van der Waals surface area contributed by atoms with Crippen molar-refractivity contribution in [3.05, 3.63) is 41.5 Å². The molecular formula is C18H26O3. The van der Waals surface area contributed by atoms with Crippen molar-refractivity contribution >= 4 is 5.97 Å². The maximum Gasteiger partial charge on any atom is 0.330 e. The second-order valence-electron chi connectivity index (χ2n) is 5.57. The van der Waals surface area contributed by atoms with E-state index in [-0.39, 0.29) is 5.97 Å². The van der Waals surface area contributed by atoms with Crippen LogP contribution in [0.15, 0.2) is 30.4 Å². The smallest absolute Gasteiger partial charge is 0.330 e. The Morgan fingerprint density at radius 1 is 1.19 bits per heavy atom. The summed E-state index contributed by atoms with van der Waals surface area (Å²) < 4.78 is 10.6. The van der Waals surface area contributed by atoms with E-state index in [1.807, 2.05) is 0 Å². The first kappa shape index (κ1) is 17.3. The van der Waals surface area contributed by atoms with Crippen molar-refractivity contribution < 1.29 is 14.3 Å². The summed E-state index contributed by atoms with van der Waals surface area (Å²) in [5, 5.41) is 0. The Balaban J connectivity index is 2.76. The molecule has 0 radical (unpaired) electrons. The molecule has 0 amide bonds. The van der Waals surface area contributed by atoms with E-state index in [1.54, 1.807) is 13.0 Å². The number of esters is 1. The maximum absolute atomic E-state index is 11.2. The highest BCUT2D eigenvalue weighted by atomic mass is 16.5. The number of benzene rings is 1. The van der Waals surface area contributed by atoms with Gasteiger partial charge >= 0.3 is 5.97 Å². The van der Waals surface area contributed by atoms with Crippen molar-refractivity contribution in [1.29, 1.82) is 0 Å².